The Morgan fingerprint density at radius 2 is 1.78 bits per heavy atom. The molecule has 0 radical (unpaired) electrons. The molecule has 0 fully saturated rings. The van der Waals surface area contributed by atoms with Crippen molar-refractivity contribution in [2.24, 2.45) is 0 Å². The van der Waals surface area contributed by atoms with Crippen molar-refractivity contribution in [2.45, 2.75) is 10.9 Å². The molecule has 2 aromatic carbocycles. The van der Waals surface area contributed by atoms with Crippen LogP contribution in [0.4, 0.5) is 0 Å². The van der Waals surface area contributed by atoms with Crippen LogP contribution in [0.5, 0.6) is 0 Å². The molecule has 3 rings (SSSR count). The van der Waals surface area contributed by atoms with E-state index < -0.39 is 0 Å². The fourth-order valence-corrected chi connectivity index (χ4v) is 2.93. The molecular weight excluding hydrogens is 330 g/mol. The Labute approximate surface area is 142 Å². The monoisotopic (exact) mass is 341 g/mol. The summed E-state index contributed by atoms with van der Waals surface area (Å²) in [5.41, 5.74) is 2.59. The lowest BCUT2D eigenvalue weighted by Gasteiger charge is -2.04. The first-order valence-corrected chi connectivity index (χ1v) is 8.12. The fraction of sp³-hybridized carbons (Fsp3) is 0.0625. The SMILES string of the molecule is N#Cc1ccc(CSc2nnc(-c3ccc(Cl)cc3)n2N)cc1. The summed E-state index contributed by atoms with van der Waals surface area (Å²) in [7, 11) is 0. The average molecular weight is 342 g/mol. The quantitative estimate of drug-likeness (QED) is 0.580. The number of nitrogens with two attached hydrogens (primary N) is 1. The first-order chi connectivity index (χ1) is 11.2. The van der Waals surface area contributed by atoms with Gasteiger partial charge in [-0.2, -0.15) is 5.26 Å². The largest absolute Gasteiger partial charge is 0.335 e. The molecule has 0 aliphatic carbocycles. The van der Waals surface area contributed by atoms with Gasteiger partial charge in [0.15, 0.2) is 5.82 Å². The molecule has 0 aliphatic heterocycles. The first kappa shape index (κ1) is 15.4. The number of rotatable bonds is 4. The van der Waals surface area contributed by atoms with Crippen LogP contribution in [-0.2, 0) is 5.75 Å². The van der Waals surface area contributed by atoms with E-state index in [1.165, 1.54) is 16.4 Å². The Morgan fingerprint density at radius 3 is 2.43 bits per heavy atom. The third-order valence-corrected chi connectivity index (χ3v) is 4.48. The summed E-state index contributed by atoms with van der Waals surface area (Å²) < 4.78 is 1.47. The van der Waals surface area contributed by atoms with E-state index in [9.17, 15) is 0 Å². The van der Waals surface area contributed by atoms with Crippen molar-refractivity contribution in [1.29, 1.82) is 5.26 Å². The molecule has 0 aliphatic rings. The molecule has 0 bridgehead atoms. The van der Waals surface area contributed by atoms with E-state index in [0.717, 1.165) is 11.1 Å². The number of aromatic nitrogens is 3. The molecule has 1 heterocycles. The summed E-state index contributed by atoms with van der Waals surface area (Å²) in [6, 6.07) is 16.8. The number of nitriles is 1. The van der Waals surface area contributed by atoms with Crippen LogP contribution in [0.15, 0.2) is 53.7 Å². The maximum absolute atomic E-state index is 8.80. The van der Waals surface area contributed by atoms with Gasteiger partial charge in [0.2, 0.25) is 5.16 Å². The third-order valence-electron chi connectivity index (χ3n) is 3.22. The molecule has 1 aromatic heterocycles. The Balaban J connectivity index is 1.74. The lowest BCUT2D eigenvalue weighted by atomic mass is 10.2. The highest BCUT2D eigenvalue weighted by molar-refractivity contribution is 7.98. The molecule has 114 valence electrons. The fourth-order valence-electron chi connectivity index (χ4n) is 1.99. The zero-order chi connectivity index (χ0) is 16.2. The Kier molecular flexibility index (Phi) is 4.51. The molecule has 7 heteroatoms. The predicted octanol–water partition coefficient (Wildman–Crippen LogP) is 3.48. The van der Waals surface area contributed by atoms with E-state index in [1.807, 2.05) is 24.3 Å². The summed E-state index contributed by atoms with van der Waals surface area (Å²) in [5, 5.41) is 18.3. The Hall–Kier alpha value is -2.49. The van der Waals surface area contributed by atoms with Crippen molar-refractivity contribution in [3.63, 3.8) is 0 Å². The summed E-state index contributed by atoms with van der Waals surface area (Å²) in [6.07, 6.45) is 0. The molecule has 2 N–H and O–H groups in total. The van der Waals surface area contributed by atoms with Crippen LogP contribution < -0.4 is 5.84 Å². The molecule has 23 heavy (non-hydrogen) atoms. The van der Waals surface area contributed by atoms with Crippen LogP contribution in [0.1, 0.15) is 11.1 Å². The van der Waals surface area contributed by atoms with E-state index in [0.29, 0.717) is 27.3 Å². The van der Waals surface area contributed by atoms with E-state index >= 15 is 0 Å². The van der Waals surface area contributed by atoms with Crippen LogP contribution >= 0.6 is 23.4 Å². The van der Waals surface area contributed by atoms with Gasteiger partial charge in [0, 0.05) is 16.3 Å². The maximum Gasteiger partial charge on any atom is 0.210 e. The highest BCUT2D eigenvalue weighted by Crippen LogP contribution is 2.25. The van der Waals surface area contributed by atoms with Gasteiger partial charge < -0.3 is 5.84 Å². The molecule has 0 atom stereocenters. The second kappa shape index (κ2) is 6.73. The van der Waals surface area contributed by atoms with E-state index in [4.69, 9.17) is 22.7 Å². The molecule has 5 nitrogen and oxygen atoms in total. The van der Waals surface area contributed by atoms with Crippen molar-refractivity contribution in [3.8, 4) is 17.5 Å². The lowest BCUT2D eigenvalue weighted by molar-refractivity contribution is 0.849. The van der Waals surface area contributed by atoms with E-state index in [2.05, 4.69) is 16.3 Å². The van der Waals surface area contributed by atoms with E-state index in [1.54, 1.807) is 24.3 Å². The van der Waals surface area contributed by atoms with Gasteiger partial charge in [-0.3, -0.25) is 0 Å². The van der Waals surface area contributed by atoms with Crippen LogP contribution in [-0.4, -0.2) is 14.9 Å². The standard InChI is InChI=1S/C16H12ClN5S/c17-14-7-5-13(6-8-14)15-20-21-16(22(15)19)23-10-12-3-1-11(9-18)2-4-12/h1-8H,10,19H2. The minimum absolute atomic E-state index is 0.587. The average Bonchev–Trinajstić information content (AvgIpc) is 2.95. The van der Waals surface area contributed by atoms with Crippen molar-refractivity contribution in [2.75, 3.05) is 5.84 Å². The van der Waals surface area contributed by atoms with Crippen LogP contribution in [0.25, 0.3) is 11.4 Å². The summed E-state index contributed by atoms with van der Waals surface area (Å²) in [6.45, 7) is 0. The van der Waals surface area contributed by atoms with Gasteiger partial charge in [0.1, 0.15) is 0 Å². The zero-order valence-electron chi connectivity index (χ0n) is 12.0. The number of hydrogen-bond acceptors (Lipinski definition) is 5. The first-order valence-electron chi connectivity index (χ1n) is 6.75. The molecular formula is C16H12ClN5S. The number of benzene rings is 2. The number of thioether (sulfide) groups is 1. The summed E-state index contributed by atoms with van der Waals surface area (Å²) in [4.78, 5) is 0. The smallest absolute Gasteiger partial charge is 0.210 e. The van der Waals surface area contributed by atoms with Gasteiger partial charge >= 0.3 is 0 Å². The second-order valence-corrected chi connectivity index (χ2v) is 6.16. The number of nitrogen functional groups attached to an aromatic ring is 1. The summed E-state index contributed by atoms with van der Waals surface area (Å²) in [5.74, 6) is 7.36. The van der Waals surface area contributed by atoms with Crippen LogP contribution in [0.3, 0.4) is 0 Å². The maximum atomic E-state index is 8.80. The highest BCUT2D eigenvalue weighted by atomic mass is 35.5. The van der Waals surface area contributed by atoms with Crippen LogP contribution in [0, 0.1) is 11.3 Å². The number of hydrogen-bond donors (Lipinski definition) is 1. The van der Waals surface area contributed by atoms with Gasteiger partial charge in [-0.1, -0.05) is 35.5 Å². The Bertz CT molecular complexity index is 850. The lowest BCUT2D eigenvalue weighted by Crippen LogP contribution is -2.11. The number of halogens is 1. The highest BCUT2D eigenvalue weighted by Gasteiger charge is 2.12. The van der Waals surface area contributed by atoms with Crippen molar-refractivity contribution in [1.82, 2.24) is 14.9 Å². The molecule has 0 saturated heterocycles. The third kappa shape index (κ3) is 3.47. The van der Waals surface area contributed by atoms with Crippen LogP contribution in [0.2, 0.25) is 5.02 Å². The van der Waals surface area contributed by atoms with Gasteiger partial charge in [0.05, 0.1) is 11.6 Å². The number of nitrogens with zero attached hydrogens (tertiary/aromatic N) is 4. The normalized spacial score (nSPS) is 10.4. The van der Waals surface area contributed by atoms with Gasteiger partial charge in [-0.15, -0.1) is 10.2 Å². The minimum atomic E-state index is 0.587. The predicted molar refractivity (Wildman–Crippen MR) is 91.3 cm³/mol. The van der Waals surface area contributed by atoms with Gasteiger partial charge in [-0.25, -0.2) is 4.68 Å². The summed E-state index contributed by atoms with van der Waals surface area (Å²) >= 11 is 7.37. The van der Waals surface area contributed by atoms with Crippen molar-refractivity contribution >= 4 is 23.4 Å². The zero-order valence-corrected chi connectivity index (χ0v) is 13.6. The molecule has 0 spiro atoms. The van der Waals surface area contributed by atoms with E-state index in [-0.39, 0.29) is 0 Å². The van der Waals surface area contributed by atoms with Crippen molar-refractivity contribution < 1.29 is 0 Å². The second-order valence-electron chi connectivity index (χ2n) is 4.78. The molecule has 0 unspecified atom stereocenters. The van der Waals surface area contributed by atoms with Gasteiger partial charge in [0.25, 0.3) is 0 Å². The molecule has 0 amide bonds. The van der Waals surface area contributed by atoms with Gasteiger partial charge in [-0.05, 0) is 42.0 Å². The topological polar surface area (TPSA) is 80.5 Å². The Morgan fingerprint density at radius 1 is 1.09 bits per heavy atom. The minimum Gasteiger partial charge on any atom is -0.335 e. The molecule has 3 aromatic rings. The van der Waals surface area contributed by atoms with Crippen molar-refractivity contribution in [3.05, 3.63) is 64.7 Å². The molecule has 0 saturated carbocycles.